The lowest BCUT2D eigenvalue weighted by Gasteiger charge is -2.04. The molecule has 0 fully saturated rings. The number of rotatable bonds is 0. The third-order valence-corrected chi connectivity index (χ3v) is 2.16. The number of nitrogen functional groups attached to an aromatic ring is 1. The third kappa shape index (κ3) is 1.25. The second kappa shape index (κ2) is 3.06. The molecule has 1 aliphatic heterocycles. The van der Waals surface area contributed by atoms with Crippen LogP contribution in [0.15, 0.2) is 6.33 Å². The Bertz CT molecular complexity index is 284. The highest BCUT2D eigenvalue weighted by molar-refractivity contribution is 5.42. The van der Waals surface area contributed by atoms with Crippen molar-refractivity contribution in [2.24, 2.45) is 0 Å². The van der Waals surface area contributed by atoms with Crippen LogP contribution in [0.5, 0.6) is 0 Å². The Balaban J connectivity index is 2.42. The molecule has 0 amide bonds. The maximum Gasteiger partial charge on any atom is 0.130 e. The number of nitrogens with two attached hydrogens (primary N) is 1. The van der Waals surface area contributed by atoms with Crippen LogP contribution in [0.2, 0.25) is 0 Å². The van der Waals surface area contributed by atoms with Crippen molar-refractivity contribution in [3.63, 3.8) is 0 Å². The number of nitrogens with one attached hydrogen (secondary N) is 1. The monoisotopic (exact) mass is 164 g/mol. The van der Waals surface area contributed by atoms with E-state index in [-0.39, 0.29) is 0 Å². The fourth-order valence-electron chi connectivity index (χ4n) is 1.50. The van der Waals surface area contributed by atoms with E-state index in [9.17, 15) is 0 Å². The minimum atomic E-state index is 0.642. The number of hydrogen-bond acceptors (Lipinski definition) is 4. The van der Waals surface area contributed by atoms with Crippen molar-refractivity contribution < 1.29 is 0 Å². The van der Waals surface area contributed by atoms with Crippen LogP contribution in [0.1, 0.15) is 11.3 Å². The molecule has 0 aromatic carbocycles. The highest BCUT2D eigenvalue weighted by atomic mass is 14.9. The summed E-state index contributed by atoms with van der Waals surface area (Å²) in [6, 6.07) is 0. The van der Waals surface area contributed by atoms with Crippen molar-refractivity contribution >= 4 is 5.82 Å². The first kappa shape index (κ1) is 7.49. The van der Waals surface area contributed by atoms with E-state index in [0.29, 0.717) is 5.82 Å². The standard InChI is InChI=1S/C8H12N4/c9-8-6-1-3-10-4-2-7(6)11-5-12-8/h5,10H,1-4H2,(H2,9,11,12). The van der Waals surface area contributed by atoms with Gasteiger partial charge in [-0.1, -0.05) is 0 Å². The lowest BCUT2D eigenvalue weighted by atomic mass is 10.1. The van der Waals surface area contributed by atoms with Gasteiger partial charge in [0.2, 0.25) is 0 Å². The average molecular weight is 164 g/mol. The van der Waals surface area contributed by atoms with Gasteiger partial charge in [-0.25, -0.2) is 9.97 Å². The Labute approximate surface area is 71.2 Å². The molecule has 0 radical (unpaired) electrons. The zero-order chi connectivity index (χ0) is 8.39. The summed E-state index contributed by atoms with van der Waals surface area (Å²) in [5.74, 6) is 0.642. The van der Waals surface area contributed by atoms with E-state index in [0.717, 1.165) is 37.2 Å². The van der Waals surface area contributed by atoms with Crippen LogP contribution < -0.4 is 11.1 Å². The van der Waals surface area contributed by atoms with Crippen molar-refractivity contribution in [2.45, 2.75) is 12.8 Å². The highest BCUT2D eigenvalue weighted by Gasteiger charge is 2.11. The lowest BCUT2D eigenvalue weighted by Crippen LogP contribution is -2.16. The van der Waals surface area contributed by atoms with E-state index < -0.39 is 0 Å². The molecule has 0 spiro atoms. The summed E-state index contributed by atoms with van der Waals surface area (Å²) in [6.45, 7) is 1.97. The summed E-state index contributed by atoms with van der Waals surface area (Å²) in [5, 5.41) is 3.30. The molecule has 2 rings (SSSR count). The molecule has 0 unspecified atom stereocenters. The molecule has 12 heavy (non-hydrogen) atoms. The molecule has 0 saturated carbocycles. The van der Waals surface area contributed by atoms with Gasteiger partial charge in [-0.2, -0.15) is 0 Å². The third-order valence-electron chi connectivity index (χ3n) is 2.16. The number of nitrogens with zero attached hydrogens (tertiary/aromatic N) is 2. The number of hydrogen-bond donors (Lipinski definition) is 2. The van der Waals surface area contributed by atoms with E-state index in [1.807, 2.05) is 0 Å². The first-order valence-electron chi connectivity index (χ1n) is 4.17. The van der Waals surface area contributed by atoms with Gasteiger partial charge in [0, 0.05) is 18.5 Å². The van der Waals surface area contributed by atoms with Crippen LogP contribution in [0.4, 0.5) is 5.82 Å². The van der Waals surface area contributed by atoms with Gasteiger partial charge in [-0.05, 0) is 13.0 Å². The van der Waals surface area contributed by atoms with Crippen molar-refractivity contribution in [2.75, 3.05) is 18.8 Å². The molecular formula is C8H12N4. The van der Waals surface area contributed by atoms with Crippen LogP contribution >= 0.6 is 0 Å². The molecule has 0 atom stereocenters. The average Bonchev–Trinajstić information content (AvgIpc) is 2.30. The van der Waals surface area contributed by atoms with Crippen LogP contribution in [0, 0.1) is 0 Å². The van der Waals surface area contributed by atoms with Gasteiger partial charge in [-0.15, -0.1) is 0 Å². The topological polar surface area (TPSA) is 63.8 Å². The Kier molecular flexibility index (Phi) is 1.91. The summed E-state index contributed by atoms with van der Waals surface area (Å²) in [7, 11) is 0. The highest BCUT2D eigenvalue weighted by Crippen LogP contribution is 2.14. The molecule has 0 saturated heterocycles. The molecule has 0 aliphatic carbocycles. The van der Waals surface area contributed by atoms with Crippen molar-refractivity contribution in [3.8, 4) is 0 Å². The van der Waals surface area contributed by atoms with Gasteiger partial charge >= 0.3 is 0 Å². The number of fused-ring (bicyclic) bond motifs is 1. The maximum absolute atomic E-state index is 5.73. The Morgan fingerprint density at radius 3 is 3.00 bits per heavy atom. The van der Waals surface area contributed by atoms with E-state index in [2.05, 4.69) is 15.3 Å². The van der Waals surface area contributed by atoms with E-state index in [4.69, 9.17) is 5.73 Å². The molecule has 3 N–H and O–H groups in total. The van der Waals surface area contributed by atoms with Crippen LogP contribution in [-0.2, 0) is 12.8 Å². The van der Waals surface area contributed by atoms with E-state index in [1.54, 1.807) is 6.33 Å². The van der Waals surface area contributed by atoms with Gasteiger partial charge in [0.25, 0.3) is 0 Å². The fourth-order valence-corrected chi connectivity index (χ4v) is 1.50. The first-order chi connectivity index (χ1) is 5.88. The minimum absolute atomic E-state index is 0.642. The molecule has 1 aliphatic rings. The molecule has 4 heteroatoms. The van der Waals surface area contributed by atoms with Crippen molar-refractivity contribution in [3.05, 3.63) is 17.6 Å². The van der Waals surface area contributed by atoms with Gasteiger partial charge in [0.15, 0.2) is 0 Å². The normalized spacial score (nSPS) is 16.7. The van der Waals surface area contributed by atoms with Gasteiger partial charge in [-0.3, -0.25) is 0 Å². The first-order valence-corrected chi connectivity index (χ1v) is 4.17. The minimum Gasteiger partial charge on any atom is -0.383 e. The molecule has 1 aromatic rings. The number of aromatic nitrogens is 2. The molecule has 4 nitrogen and oxygen atoms in total. The lowest BCUT2D eigenvalue weighted by molar-refractivity contribution is 0.708. The number of anilines is 1. The van der Waals surface area contributed by atoms with E-state index >= 15 is 0 Å². The predicted molar refractivity (Wildman–Crippen MR) is 46.7 cm³/mol. The predicted octanol–water partition coefficient (Wildman–Crippen LogP) is -0.253. The zero-order valence-corrected chi connectivity index (χ0v) is 6.88. The van der Waals surface area contributed by atoms with Crippen LogP contribution in [0.25, 0.3) is 0 Å². The quantitative estimate of drug-likeness (QED) is 0.555. The molecule has 64 valence electrons. The second-order valence-corrected chi connectivity index (χ2v) is 2.93. The van der Waals surface area contributed by atoms with Crippen LogP contribution in [-0.4, -0.2) is 23.1 Å². The second-order valence-electron chi connectivity index (χ2n) is 2.93. The van der Waals surface area contributed by atoms with Gasteiger partial charge in [0.05, 0.1) is 5.69 Å². The summed E-state index contributed by atoms with van der Waals surface area (Å²) in [4.78, 5) is 8.18. The van der Waals surface area contributed by atoms with Gasteiger partial charge in [0.1, 0.15) is 12.1 Å². The Morgan fingerprint density at radius 2 is 2.08 bits per heavy atom. The van der Waals surface area contributed by atoms with E-state index in [1.165, 1.54) is 0 Å². The van der Waals surface area contributed by atoms with Crippen molar-refractivity contribution in [1.82, 2.24) is 15.3 Å². The summed E-state index contributed by atoms with van der Waals surface area (Å²) < 4.78 is 0. The van der Waals surface area contributed by atoms with Crippen LogP contribution in [0.3, 0.4) is 0 Å². The largest absolute Gasteiger partial charge is 0.383 e. The maximum atomic E-state index is 5.73. The Hall–Kier alpha value is -1.16. The molecular weight excluding hydrogens is 152 g/mol. The van der Waals surface area contributed by atoms with Crippen molar-refractivity contribution in [1.29, 1.82) is 0 Å². The molecule has 0 bridgehead atoms. The summed E-state index contributed by atoms with van der Waals surface area (Å²) in [5.41, 5.74) is 7.96. The summed E-state index contributed by atoms with van der Waals surface area (Å²) in [6.07, 6.45) is 3.45. The summed E-state index contributed by atoms with van der Waals surface area (Å²) >= 11 is 0. The van der Waals surface area contributed by atoms with Gasteiger partial charge < -0.3 is 11.1 Å². The fraction of sp³-hybridized carbons (Fsp3) is 0.500. The molecule has 2 heterocycles. The molecule has 1 aromatic heterocycles. The SMILES string of the molecule is Nc1ncnc2c1CCNCC2. The Morgan fingerprint density at radius 1 is 1.25 bits per heavy atom. The smallest absolute Gasteiger partial charge is 0.130 e. The zero-order valence-electron chi connectivity index (χ0n) is 6.88.